The number of aromatic nitrogens is 1. The Morgan fingerprint density at radius 2 is 2.31 bits per heavy atom. The topological polar surface area (TPSA) is 50.9 Å². The van der Waals surface area contributed by atoms with Crippen molar-refractivity contribution in [3.8, 4) is 0 Å². The Morgan fingerprint density at radius 3 is 2.88 bits per heavy atom. The number of pyridine rings is 1. The van der Waals surface area contributed by atoms with Crippen LogP contribution in [0.5, 0.6) is 0 Å². The average Bonchev–Trinajstić information content (AvgIpc) is 2.69. The van der Waals surface area contributed by atoms with Crippen LogP contribution in [-0.2, 0) is 0 Å². The van der Waals surface area contributed by atoms with E-state index in [1.807, 2.05) is 11.4 Å². The van der Waals surface area contributed by atoms with E-state index in [9.17, 15) is 0 Å². The van der Waals surface area contributed by atoms with Crippen LogP contribution in [0.15, 0.2) is 34.2 Å². The highest BCUT2D eigenvalue weighted by molar-refractivity contribution is 9.10. The van der Waals surface area contributed by atoms with E-state index in [1.54, 1.807) is 29.7 Å². The second kappa shape index (κ2) is 5.25. The Bertz CT molecular complexity index is 488. The maximum Gasteiger partial charge on any atom is 0.0999 e. The Hall–Kier alpha value is -0.460. The van der Waals surface area contributed by atoms with E-state index in [0.29, 0.717) is 5.02 Å². The third-order valence-corrected chi connectivity index (χ3v) is 4.39. The minimum Gasteiger partial charge on any atom is -0.270 e. The highest BCUT2D eigenvalue weighted by Gasteiger charge is 2.20. The molecule has 0 amide bonds. The van der Waals surface area contributed by atoms with Gasteiger partial charge >= 0.3 is 0 Å². The van der Waals surface area contributed by atoms with E-state index < -0.39 is 0 Å². The fourth-order valence-corrected chi connectivity index (χ4v) is 3.29. The second-order valence-electron chi connectivity index (χ2n) is 3.10. The van der Waals surface area contributed by atoms with Crippen molar-refractivity contribution in [2.75, 3.05) is 0 Å². The molecule has 2 heterocycles. The summed E-state index contributed by atoms with van der Waals surface area (Å²) in [6.45, 7) is 0. The summed E-state index contributed by atoms with van der Waals surface area (Å²) in [6.07, 6.45) is 1.70. The molecule has 3 nitrogen and oxygen atoms in total. The first-order valence-electron chi connectivity index (χ1n) is 4.53. The van der Waals surface area contributed by atoms with Crippen molar-refractivity contribution in [2.24, 2.45) is 5.84 Å². The van der Waals surface area contributed by atoms with E-state index in [1.165, 1.54) is 0 Å². The number of rotatable bonds is 3. The normalized spacial score (nSPS) is 12.7. The molecule has 3 N–H and O–H groups in total. The molecule has 2 rings (SSSR count). The van der Waals surface area contributed by atoms with Gasteiger partial charge in [0.1, 0.15) is 0 Å². The van der Waals surface area contributed by atoms with Gasteiger partial charge in [-0.1, -0.05) is 11.6 Å². The number of halogens is 2. The van der Waals surface area contributed by atoms with Gasteiger partial charge in [-0.05, 0) is 39.5 Å². The number of hydrogen-bond donors (Lipinski definition) is 2. The largest absolute Gasteiger partial charge is 0.270 e. The minimum atomic E-state index is -0.192. The van der Waals surface area contributed by atoms with Crippen molar-refractivity contribution in [2.45, 2.75) is 6.04 Å². The van der Waals surface area contributed by atoms with Gasteiger partial charge in [-0.2, -0.15) is 0 Å². The molecule has 0 radical (unpaired) electrons. The lowest BCUT2D eigenvalue weighted by Gasteiger charge is -2.15. The van der Waals surface area contributed by atoms with E-state index in [-0.39, 0.29) is 6.04 Å². The van der Waals surface area contributed by atoms with Gasteiger partial charge in [-0.3, -0.25) is 10.8 Å². The van der Waals surface area contributed by atoms with Crippen LogP contribution >= 0.6 is 38.9 Å². The predicted molar refractivity (Wildman–Crippen MR) is 70.4 cm³/mol. The first-order chi connectivity index (χ1) is 7.74. The van der Waals surface area contributed by atoms with Crippen LogP contribution in [-0.4, -0.2) is 4.98 Å². The Labute approximate surface area is 111 Å². The molecule has 1 atom stereocenters. The molecular weight excluding hydrogens is 310 g/mol. The van der Waals surface area contributed by atoms with Crippen molar-refractivity contribution in [1.82, 2.24) is 10.4 Å². The molecular formula is C10H9BrClN3S. The molecule has 16 heavy (non-hydrogen) atoms. The summed E-state index contributed by atoms with van der Waals surface area (Å²) in [5, 5.41) is 2.59. The highest BCUT2D eigenvalue weighted by atomic mass is 79.9. The lowest BCUT2D eigenvalue weighted by molar-refractivity contribution is 0.628. The van der Waals surface area contributed by atoms with Gasteiger partial charge in [0.25, 0.3) is 0 Å². The fraction of sp³-hybridized carbons (Fsp3) is 0.100. The number of hydrogen-bond acceptors (Lipinski definition) is 4. The summed E-state index contributed by atoms with van der Waals surface area (Å²) < 4.78 is 1.00. The average molecular weight is 319 g/mol. The van der Waals surface area contributed by atoms with Gasteiger partial charge in [0.05, 0.1) is 16.8 Å². The maximum atomic E-state index is 6.10. The molecule has 0 bridgehead atoms. The quantitative estimate of drug-likeness (QED) is 0.675. The van der Waals surface area contributed by atoms with E-state index in [0.717, 1.165) is 15.0 Å². The molecule has 0 saturated heterocycles. The van der Waals surface area contributed by atoms with E-state index in [4.69, 9.17) is 17.4 Å². The van der Waals surface area contributed by atoms with Gasteiger partial charge in [0, 0.05) is 15.5 Å². The zero-order chi connectivity index (χ0) is 11.5. The Morgan fingerprint density at radius 1 is 1.50 bits per heavy atom. The summed E-state index contributed by atoms with van der Waals surface area (Å²) in [4.78, 5) is 5.32. The SMILES string of the molecule is NNC(c1ncccc1Cl)c1sccc1Br. The van der Waals surface area contributed by atoms with Crippen molar-refractivity contribution in [1.29, 1.82) is 0 Å². The van der Waals surface area contributed by atoms with Gasteiger partial charge < -0.3 is 0 Å². The first kappa shape index (κ1) is 12.0. The second-order valence-corrected chi connectivity index (χ2v) is 5.31. The van der Waals surface area contributed by atoms with Crippen LogP contribution in [0, 0.1) is 0 Å². The summed E-state index contributed by atoms with van der Waals surface area (Å²) in [6, 6.07) is 5.38. The van der Waals surface area contributed by atoms with Crippen LogP contribution in [0.1, 0.15) is 16.6 Å². The van der Waals surface area contributed by atoms with E-state index >= 15 is 0 Å². The van der Waals surface area contributed by atoms with Gasteiger partial charge in [0.2, 0.25) is 0 Å². The third-order valence-electron chi connectivity index (χ3n) is 2.13. The molecule has 84 valence electrons. The van der Waals surface area contributed by atoms with Crippen molar-refractivity contribution < 1.29 is 0 Å². The number of thiophene rings is 1. The smallest absolute Gasteiger partial charge is 0.0999 e. The van der Waals surface area contributed by atoms with Crippen molar-refractivity contribution >= 4 is 38.9 Å². The third kappa shape index (κ3) is 2.28. The van der Waals surface area contributed by atoms with E-state index in [2.05, 4.69) is 26.3 Å². The zero-order valence-corrected chi connectivity index (χ0v) is 11.3. The molecule has 0 aliphatic carbocycles. The lowest BCUT2D eigenvalue weighted by atomic mass is 10.1. The Balaban J connectivity index is 2.45. The number of nitrogens with two attached hydrogens (primary N) is 1. The van der Waals surface area contributed by atoms with Crippen LogP contribution in [0.3, 0.4) is 0 Å². The van der Waals surface area contributed by atoms with Crippen molar-refractivity contribution in [3.05, 3.63) is 49.8 Å². The molecule has 0 aliphatic heterocycles. The van der Waals surface area contributed by atoms with Crippen LogP contribution in [0.4, 0.5) is 0 Å². The summed E-state index contributed by atoms with van der Waals surface area (Å²) in [7, 11) is 0. The molecule has 0 fully saturated rings. The highest BCUT2D eigenvalue weighted by Crippen LogP contribution is 2.34. The standard InChI is InChI=1S/C10H9BrClN3S/c11-6-3-5-16-10(6)9(15-13)8-7(12)2-1-4-14-8/h1-5,9,15H,13H2. The molecule has 0 saturated carbocycles. The lowest BCUT2D eigenvalue weighted by Crippen LogP contribution is -2.29. The number of nitrogens with one attached hydrogen (secondary N) is 1. The summed E-state index contributed by atoms with van der Waals surface area (Å²) >= 11 is 11.2. The molecule has 1 unspecified atom stereocenters. The van der Waals surface area contributed by atoms with Crippen LogP contribution < -0.4 is 11.3 Å². The minimum absolute atomic E-state index is 0.192. The number of nitrogens with zero attached hydrogens (tertiary/aromatic N) is 1. The van der Waals surface area contributed by atoms with Crippen molar-refractivity contribution in [3.63, 3.8) is 0 Å². The van der Waals surface area contributed by atoms with Crippen LogP contribution in [0.25, 0.3) is 0 Å². The first-order valence-corrected chi connectivity index (χ1v) is 6.58. The molecule has 0 spiro atoms. The maximum absolute atomic E-state index is 6.10. The van der Waals surface area contributed by atoms with Gasteiger partial charge in [-0.25, -0.2) is 5.43 Å². The van der Waals surface area contributed by atoms with Crippen LogP contribution in [0.2, 0.25) is 5.02 Å². The number of hydrazine groups is 1. The predicted octanol–water partition coefficient (Wildman–Crippen LogP) is 3.11. The summed E-state index contributed by atoms with van der Waals surface area (Å²) in [5.41, 5.74) is 3.47. The fourth-order valence-electron chi connectivity index (χ4n) is 1.40. The molecule has 2 aromatic rings. The summed E-state index contributed by atoms with van der Waals surface area (Å²) in [5.74, 6) is 5.57. The zero-order valence-electron chi connectivity index (χ0n) is 8.15. The monoisotopic (exact) mass is 317 g/mol. The van der Waals surface area contributed by atoms with Gasteiger partial charge in [0.15, 0.2) is 0 Å². The molecule has 6 heteroatoms. The Kier molecular flexibility index (Phi) is 3.94. The molecule has 2 aromatic heterocycles. The van der Waals surface area contributed by atoms with Gasteiger partial charge in [-0.15, -0.1) is 11.3 Å². The molecule has 0 aromatic carbocycles. The molecule has 0 aliphatic rings.